The zero-order valence-electron chi connectivity index (χ0n) is 15.4. The number of hydrogen-bond donors (Lipinski definition) is 1. The van der Waals surface area contributed by atoms with Crippen molar-refractivity contribution in [3.8, 4) is 0 Å². The Morgan fingerprint density at radius 3 is 2.25 bits per heavy atom. The predicted octanol–water partition coefficient (Wildman–Crippen LogP) is 5.79. The third-order valence-electron chi connectivity index (χ3n) is 3.27. The molecule has 0 radical (unpaired) electrons. The normalized spacial score (nSPS) is 12.6. The number of hydrogen-bond acceptors (Lipinski definition) is 2. The van der Waals surface area contributed by atoms with Crippen molar-refractivity contribution in [1.29, 1.82) is 0 Å². The molecule has 0 aliphatic heterocycles. The Kier molecular flexibility index (Phi) is 11.9. The second kappa shape index (κ2) is 13.1. The highest BCUT2D eigenvalue weighted by molar-refractivity contribution is 5.57. The molecule has 1 aromatic carbocycles. The first-order valence-corrected chi connectivity index (χ1v) is 8.41. The molecule has 1 rings (SSSR count). The van der Waals surface area contributed by atoms with E-state index in [9.17, 15) is 5.11 Å². The van der Waals surface area contributed by atoms with E-state index in [0.29, 0.717) is 0 Å². The molecule has 1 atom stereocenters. The number of aliphatic hydroxyl groups excluding tert-OH is 1. The fourth-order valence-corrected chi connectivity index (χ4v) is 2.17. The molecule has 24 heavy (non-hydrogen) atoms. The Balaban J connectivity index is 0.00000254. The van der Waals surface area contributed by atoms with Gasteiger partial charge in [0.1, 0.15) is 0 Å². The minimum Gasteiger partial charge on any atom is -0.392 e. The molecule has 0 spiro atoms. The number of rotatable bonds is 8. The highest BCUT2D eigenvalue weighted by Crippen LogP contribution is 2.24. The molecule has 0 bridgehead atoms. The molecule has 0 fully saturated rings. The van der Waals surface area contributed by atoms with Crippen LogP contribution in [0.2, 0.25) is 0 Å². The highest BCUT2D eigenvalue weighted by Gasteiger charge is 2.14. The summed E-state index contributed by atoms with van der Waals surface area (Å²) in [4.78, 5) is 2.18. The lowest BCUT2D eigenvalue weighted by atomic mass is 10.1. The Labute approximate surface area is 147 Å². The predicted molar refractivity (Wildman–Crippen MR) is 108 cm³/mol. The van der Waals surface area contributed by atoms with Crippen molar-refractivity contribution in [1.82, 2.24) is 0 Å². The van der Waals surface area contributed by atoms with Crippen LogP contribution in [0.25, 0.3) is 0 Å². The van der Waals surface area contributed by atoms with Gasteiger partial charge in [-0.05, 0) is 43.7 Å². The summed E-state index contributed by atoms with van der Waals surface area (Å²) in [7, 11) is 0. The molecule has 1 aromatic rings. The first kappa shape index (κ1) is 21.7. The van der Waals surface area contributed by atoms with Crippen LogP contribution in [0.4, 0.5) is 5.69 Å². The third kappa shape index (κ3) is 6.84. The van der Waals surface area contributed by atoms with Crippen LogP contribution in [0.15, 0.2) is 85.7 Å². The summed E-state index contributed by atoms with van der Waals surface area (Å²) in [6, 6.07) is 8.02. The monoisotopic (exact) mass is 325 g/mol. The van der Waals surface area contributed by atoms with Gasteiger partial charge in [0, 0.05) is 17.4 Å². The number of allylic oxidation sites excluding steroid dienone is 6. The van der Waals surface area contributed by atoms with Gasteiger partial charge in [0.2, 0.25) is 0 Å². The van der Waals surface area contributed by atoms with Crippen molar-refractivity contribution in [2.45, 2.75) is 40.3 Å². The average Bonchev–Trinajstić information content (AvgIpc) is 2.63. The van der Waals surface area contributed by atoms with Crippen LogP contribution >= 0.6 is 0 Å². The third-order valence-corrected chi connectivity index (χ3v) is 3.27. The maximum Gasteiger partial charge on any atom is 0.0681 e. The van der Waals surface area contributed by atoms with Gasteiger partial charge in [-0.25, -0.2) is 0 Å². The Morgan fingerprint density at radius 1 is 1.17 bits per heavy atom. The maximum atomic E-state index is 9.19. The van der Waals surface area contributed by atoms with E-state index in [4.69, 9.17) is 0 Å². The topological polar surface area (TPSA) is 23.5 Å². The lowest BCUT2D eigenvalue weighted by Crippen LogP contribution is -2.30. The Hall–Kier alpha value is -2.32. The lowest BCUT2D eigenvalue weighted by molar-refractivity contribution is 0.282. The second-order valence-corrected chi connectivity index (χ2v) is 4.88. The minimum atomic E-state index is 0.0494. The molecule has 1 N–H and O–H groups in total. The smallest absolute Gasteiger partial charge is 0.0681 e. The molecule has 0 aliphatic carbocycles. The second-order valence-electron chi connectivity index (χ2n) is 4.88. The van der Waals surface area contributed by atoms with E-state index in [1.165, 1.54) is 0 Å². The lowest BCUT2D eigenvalue weighted by Gasteiger charge is -2.30. The van der Waals surface area contributed by atoms with Crippen molar-refractivity contribution in [2.24, 2.45) is 0 Å². The Bertz CT molecular complexity index is 564. The van der Waals surface area contributed by atoms with Gasteiger partial charge in [-0.1, -0.05) is 69.5 Å². The summed E-state index contributed by atoms with van der Waals surface area (Å²) in [5, 5.41) is 9.19. The fraction of sp³-hybridized carbons (Fsp3) is 0.273. The number of benzene rings is 1. The van der Waals surface area contributed by atoms with Crippen molar-refractivity contribution in [2.75, 3.05) is 4.90 Å². The zero-order valence-corrected chi connectivity index (χ0v) is 15.4. The van der Waals surface area contributed by atoms with E-state index in [0.717, 1.165) is 16.9 Å². The van der Waals surface area contributed by atoms with Crippen molar-refractivity contribution in [3.63, 3.8) is 0 Å². The number of nitrogens with zero attached hydrogens (tertiary/aromatic N) is 1. The van der Waals surface area contributed by atoms with Gasteiger partial charge < -0.3 is 10.0 Å². The van der Waals surface area contributed by atoms with E-state index < -0.39 is 0 Å². The van der Waals surface area contributed by atoms with Gasteiger partial charge in [-0.3, -0.25) is 0 Å². The van der Waals surface area contributed by atoms with Crippen LogP contribution in [0.3, 0.4) is 0 Å². The standard InChI is InChI=1S/C20H25NO.C2H6/c1-5-8-9-11-17(4)21(19(7-3)10-6-2)20-14-12-18(16-22)13-15-20;1-2/h5-15,17,22H,2-3,16H2,1,4H3;1-2H3/b8-5-,11-9-,19-10+;. The Morgan fingerprint density at radius 2 is 1.79 bits per heavy atom. The summed E-state index contributed by atoms with van der Waals surface area (Å²) in [5.41, 5.74) is 2.92. The maximum absolute atomic E-state index is 9.19. The average molecular weight is 325 g/mol. The minimum absolute atomic E-state index is 0.0494. The van der Waals surface area contributed by atoms with Crippen molar-refractivity contribution >= 4 is 5.69 Å². The van der Waals surface area contributed by atoms with Crippen LogP contribution in [0.5, 0.6) is 0 Å². The van der Waals surface area contributed by atoms with Crippen LogP contribution in [0.1, 0.15) is 33.3 Å². The molecular formula is C22H31NO. The van der Waals surface area contributed by atoms with Gasteiger partial charge >= 0.3 is 0 Å². The van der Waals surface area contributed by atoms with Crippen molar-refractivity contribution < 1.29 is 5.11 Å². The van der Waals surface area contributed by atoms with Crippen LogP contribution < -0.4 is 4.90 Å². The quantitative estimate of drug-likeness (QED) is 0.612. The molecule has 0 heterocycles. The number of anilines is 1. The van der Waals surface area contributed by atoms with Gasteiger partial charge in [-0.15, -0.1) is 0 Å². The summed E-state index contributed by atoms with van der Waals surface area (Å²) < 4.78 is 0. The fourth-order valence-electron chi connectivity index (χ4n) is 2.17. The summed E-state index contributed by atoms with van der Waals surface area (Å²) >= 11 is 0. The largest absolute Gasteiger partial charge is 0.392 e. The first-order chi connectivity index (χ1) is 11.7. The van der Waals surface area contributed by atoms with E-state index in [1.54, 1.807) is 6.08 Å². The SMILES string of the molecule is C=C/C=C(\C=C)N(c1ccc(CO)cc1)C(C)/C=C\C=C/C.CC. The molecule has 130 valence electrons. The van der Waals surface area contributed by atoms with Crippen LogP contribution in [-0.4, -0.2) is 11.1 Å². The number of aliphatic hydroxyl groups is 1. The van der Waals surface area contributed by atoms with Crippen molar-refractivity contribution in [3.05, 3.63) is 91.2 Å². The van der Waals surface area contributed by atoms with Crippen LogP contribution in [-0.2, 0) is 6.61 Å². The molecule has 2 nitrogen and oxygen atoms in total. The molecule has 0 aliphatic rings. The summed E-state index contributed by atoms with van der Waals surface area (Å²) in [6.45, 7) is 15.8. The van der Waals surface area contributed by atoms with E-state index >= 15 is 0 Å². The highest BCUT2D eigenvalue weighted by atomic mass is 16.3. The zero-order chi connectivity index (χ0) is 18.4. The molecule has 1 unspecified atom stereocenters. The molecule has 0 amide bonds. The first-order valence-electron chi connectivity index (χ1n) is 8.41. The van der Waals surface area contributed by atoms with E-state index in [1.807, 2.05) is 75.4 Å². The molecule has 0 saturated heterocycles. The molecule has 0 aromatic heterocycles. The van der Waals surface area contributed by atoms with Crippen LogP contribution in [0, 0.1) is 0 Å². The van der Waals surface area contributed by atoms with Gasteiger partial charge in [0.25, 0.3) is 0 Å². The molecular weight excluding hydrogens is 294 g/mol. The van der Waals surface area contributed by atoms with Gasteiger partial charge in [0.15, 0.2) is 0 Å². The van der Waals surface area contributed by atoms with E-state index in [-0.39, 0.29) is 12.6 Å². The molecule has 2 heteroatoms. The molecule has 0 saturated carbocycles. The summed E-state index contributed by atoms with van der Waals surface area (Å²) in [5.74, 6) is 0. The van der Waals surface area contributed by atoms with E-state index in [2.05, 4.69) is 31.1 Å². The van der Waals surface area contributed by atoms with Gasteiger partial charge in [0.05, 0.1) is 6.61 Å². The summed E-state index contributed by atoms with van der Waals surface area (Å²) in [6.07, 6.45) is 13.7. The van der Waals surface area contributed by atoms with Gasteiger partial charge in [-0.2, -0.15) is 0 Å².